The lowest BCUT2D eigenvalue weighted by Gasteiger charge is -2.23. The summed E-state index contributed by atoms with van der Waals surface area (Å²) in [5.74, 6) is -0.229. The van der Waals surface area contributed by atoms with Gasteiger partial charge in [0.2, 0.25) is 0 Å². The summed E-state index contributed by atoms with van der Waals surface area (Å²) >= 11 is 0. The predicted molar refractivity (Wildman–Crippen MR) is 78.8 cm³/mol. The highest BCUT2D eigenvalue weighted by Gasteiger charge is 2.21. The number of halogens is 1. The van der Waals surface area contributed by atoms with Crippen molar-refractivity contribution in [1.82, 2.24) is 15.1 Å². The lowest BCUT2D eigenvalue weighted by Crippen LogP contribution is -2.30. The molecule has 0 bridgehead atoms. The van der Waals surface area contributed by atoms with Gasteiger partial charge in [-0.05, 0) is 38.1 Å². The Morgan fingerprint density at radius 3 is 2.86 bits per heavy atom. The zero-order valence-corrected chi connectivity index (χ0v) is 12.1. The van der Waals surface area contributed by atoms with Gasteiger partial charge >= 0.3 is 0 Å². The second-order valence-electron chi connectivity index (χ2n) is 5.28. The maximum absolute atomic E-state index is 13.6. The molecule has 5 nitrogen and oxygen atoms in total. The fraction of sp³-hybridized carbons (Fsp3) is 0.375. The van der Waals surface area contributed by atoms with Gasteiger partial charge in [0.05, 0.1) is 12.2 Å². The molecule has 0 radical (unpaired) electrons. The summed E-state index contributed by atoms with van der Waals surface area (Å²) in [6.45, 7) is 1.99. The molecule has 0 aliphatic carbocycles. The summed E-state index contributed by atoms with van der Waals surface area (Å²) in [5, 5.41) is 17.0. The van der Waals surface area contributed by atoms with Crippen molar-refractivity contribution < 1.29 is 9.13 Å². The normalized spacial score (nSPS) is 15.5. The number of nitriles is 1. The Kier molecular flexibility index (Phi) is 4.35. The van der Waals surface area contributed by atoms with Crippen LogP contribution in [0.25, 0.3) is 0 Å². The van der Waals surface area contributed by atoms with Crippen LogP contribution in [0, 0.1) is 17.1 Å². The van der Waals surface area contributed by atoms with E-state index in [4.69, 9.17) is 4.74 Å². The summed E-state index contributed by atoms with van der Waals surface area (Å²) in [4.78, 5) is 0. The summed E-state index contributed by atoms with van der Waals surface area (Å²) in [6.07, 6.45) is 3.54. The fourth-order valence-electron chi connectivity index (χ4n) is 2.67. The highest BCUT2D eigenvalue weighted by molar-refractivity contribution is 5.31. The van der Waals surface area contributed by atoms with E-state index in [1.807, 2.05) is 0 Å². The molecular weight excluding hydrogens is 283 g/mol. The van der Waals surface area contributed by atoms with Gasteiger partial charge < -0.3 is 10.1 Å². The van der Waals surface area contributed by atoms with E-state index in [2.05, 4.69) is 16.5 Å². The molecule has 6 heteroatoms. The smallest absolute Gasteiger partial charge is 0.165 e. The van der Waals surface area contributed by atoms with Crippen molar-refractivity contribution in [3.05, 3.63) is 47.5 Å². The summed E-state index contributed by atoms with van der Waals surface area (Å²) in [7, 11) is 0. The van der Waals surface area contributed by atoms with E-state index in [9.17, 15) is 9.65 Å². The molecule has 1 aromatic heterocycles. The number of piperidine rings is 1. The Morgan fingerprint density at radius 1 is 1.36 bits per heavy atom. The molecule has 1 fully saturated rings. The van der Waals surface area contributed by atoms with Crippen LogP contribution in [0.1, 0.15) is 30.1 Å². The zero-order valence-electron chi connectivity index (χ0n) is 12.1. The molecule has 1 saturated heterocycles. The van der Waals surface area contributed by atoms with Crippen LogP contribution in [0.2, 0.25) is 0 Å². The van der Waals surface area contributed by atoms with Gasteiger partial charge in [-0.1, -0.05) is 12.1 Å². The summed E-state index contributed by atoms with van der Waals surface area (Å²) in [5.41, 5.74) is 1.19. The third-order valence-corrected chi connectivity index (χ3v) is 3.85. The number of para-hydroxylation sites is 1. The standard InChI is InChI=1S/C16H17FN4O/c17-14-3-1-2-4-16(14)22-11-12-10-20-21(15(12)9-18)13-5-7-19-8-6-13/h1-4,10,13,19H,5-8,11H2. The number of hydrogen-bond donors (Lipinski definition) is 1. The molecule has 1 aromatic carbocycles. The molecule has 0 saturated carbocycles. The van der Waals surface area contributed by atoms with Gasteiger partial charge in [-0.3, -0.25) is 4.68 Å². The number of benzene rings is 1. The maximum atomic E-state index is 13.6. The van der Waals surface area contributed by atoms with Crippen LogP contribution < -0.4 is 10.1 Å². The molecule has 114 valence electrons. The Hall–Kier alpha value is -2.39. The number of nitrogens with zero attached hydrogens (tertiary/aromatic N) is 3. The van der Waals surface area contributed by atoms with E-state index in [0.29, 0.717) is 11.3 Å². The average molecular weight is 300 g/mol. The van der Waals surface area contributed by atoms with Gasteiger partial charge in [0.15, 0.2) is 11.6 Å². The molecule has 1 aliphatic heterocycles. The minimum absolute atomic E-state index is 0.134. The SMILES string of the molecule is N#Cc1c(COc2ccccc2F)cnn1C1CCNCC1. The first kappa shape index (κ1) is 14.5. The maximum Gasteiger partial charge on any atom is 0.165 e. The molecule has 1 N–H and O–H groups in total. The number of nitrogens with one attached hydrogen (secondary N) is 1. The molecule has 2 aromatic rings. The molecule has 3 rings (SSSR count). The Bertz CT molecular complexity index is 686. The number of hydrogen-bond acceptors (Lipinski definition) is 4. The molecule has 0 spiro atoms. The Labute approximate surface area is 128 Å². The van der Waals surface area contributed by atoms with Crippen LogP contribution in [-0.4, -0.2) is 22.9 Å². The largest absolute Gasteiger partial charge is 0.486 e. The average Bonchev–Trinajstić information content (AvgIpc) is 2.98. The fourth-order valence-corrected chi connectivity index (χ4v) is 2.67. The Balaban J connectivity index is 1.76. The lowest BCUT2D eigenvalue weighted by molar-refractivity contribution is 0.289. The predicted octanol–water partition coefficient (Wildman–Crippen LogP) is 2.40. The molecule has 0 atom stereocenters. The quantitative estimate of drug-likeness (QED) is 0.942. The van der Waals surface area contributed by atoms with E-state index in [0.717, 1.165) is 25.9 Å². The molecule has 22 heavy (non-hydrogen) atoms. The summed E-state index contributed by atoms with van der Waals surface area (Å²) < 4.78 is 20.8. The third-order valence-electron chi connectivity index (χ3n) is 3.85. The number of ether oxygens (including phenoxy) is 1. The first-order chi connectivity index (χ1) is 10.8. The van der Waals surface area contributed by atoms with E-state index in [1.54, 1.807) is 29.1 Å². The van der Waals surface area contributed by atoms with Crippen LogP contribution in [-0.2, 0) is 6.61 Å². The van der Waals surface area contributed by atoms with Gasteiger partial charge in [0.25, 0.3) is 0 Å². The van der Waals surface area contributed by atoms with Crippen molar-refractivity contribution in [2.45, 2.75) is 25.5 Å². The van der Waals surface area contributed by atoms with Crippen molar-refractivity contribution in [3.8, 4) is 11.8 Å². The van der Waals surface area contributed by atoms with Gasteiger partial charge in [0.1, 0.15) is 18.4 Å². The van der Waals surface area contributed by atoms with Crippen LogP contribution in [0.3, 0.4) is 0 Å². The zero-order chi connectivity index (χ0) is 15.4. The molecule has 1 aliphatic rings. The van der Waals surface area contributed by atoms with Crippen molar-refractivity contribution >= 4 is 0 Å². The van der Waals surface area contributed by atoms with Crippen LogP contribution in [0.5, 0.6) is 5.75 Å². The second-order valence-corrected chi connectivity index (χ2v) is 5.28. The van der Waals surface area contributed by atoms with E-state index >= 15 is 0 Å². The van der Waals surface area contributed by atoms with E-state index in [-0.39, 0.29) is 18.4 Å². The monoisotopic (exact) mass is 300 g/mol. The van der Waals surface area contributed by atoms with Crippen molar-refractivity contribution in [2.75, 3.05) is 13.1 Å². The molecular formula is C16H17FN4O. The van der Waals surface area contributed by atoms with Gasteiger partial charge in [0, 0.05) is 5.56 Å². The highest BCUT2D eigenvalue weighted by atomic mass is 19.1. The number of rotatable bonds is 4. The van der Waals surface area contributed by atoms with Gasteiger partial charge in [-0.2, -0.15) is 10.4 Å². The topological polar surface area (TPSA) is 62.9 Å². The Morgan fingerprint density at radius 2 is 2.14 bits per heavy atom. The van der Waals surface area contributed by atoms with Gasteiger partial charge in [-0.25, -0.2) is 4.39 Å². The lowest BCUT2D eigenvalue weighted by atomic mass is 10.1. The number of aromatic nitrogens is 2. The van der Waals surface area contributed by atoms with Crippen LogP contribution in [0.4, 0.5) is 4.39 Å². The van der Waals surface area contributed by atoms with Crippen molar-refractivity contribution in [2.24, 2.45) is 0 Å². The molecule has 0 unspecified atom stereocenters. The highest BCUT2D eigenvalue weighted by Crippen LogP contribution is 2.23. The van der Waals surface area contributed by atoms with E-state index < -0.39 is 5.82 Å². The first-order valence-electron chi connectivity index (χ1n) is 7.34. The minimum atomic E-state index is -0.410. The second kappa shape index (κ2) is 6.58. The van der Waals surface area contributed by atoms with E-state index in [1.165, 1.54) is 6.07 Å². The van der Waals surface area contributed by atoms with Crippen molar-refractivity contribution in [3.63, 3.8) is 0 Å². The molecule has 2 heterocycles. The summed E-state index contributed by atoms with van der Waals surface area (Å²) in [6, 6.07) is 8.67. The van der Waals surface area contributed by atoms with Crippen molar-refractivity contribution in [1.29, 1.82) is 5.26 Å². The third kappa shape index (κ3) is 2.95. The van der Waals surface area contributed by atoms with Crippen LogP contribution in [0.15, 0.2) is 30.5 Å². The first-order valence-corrected chi connectivity index (χ1v) is 7.34. The van der Waals surface area contributed by atoms with Crippen LogP contribution >= 0.6 is 0 Å². The molecule has 0 amide bonds. The minimum Gasteiger partial charge on any atom is -0.486 e. The van der Waals surface area contributed by atoms with Gasteiger partial charge in [-0.15, -0.1) is 0 Å².